The van der Waals surface area contributed by atoms with E-state index in [0.717, 1.165) is 12.1 Å². The Morgan fingerprint density at radius 2 is 1.70 bits per heavy atom. The van der Waals surface area contributed by atoms with E-state index >= 15 is 0 Å². The smallest absolute Gasteiger partial charge is 0.317 e. The average molecular weight is 567 g/mol. The summed E-state index contributed by atoms with van der Waals surface area (Å²) in [6.45, 7) is -0.685. The van der Waals surface area contributed by atoms with Crippen molar-refractivity contribution < 1.29 is 74.1 Å². The van der Waals surface area contributed by atoms with Crippen LogP contribution in [-0.4, -0.2) is 102 Å². The highest BCUT2D eigenvalue weighted by atomic mass is 16.7. The van der Waals surface area contributed by atoms with Gasteiger partial charge in [-0.3, -0.25) is 9.59 Å². The molecule has 2 aromatic carbocycles. The number of hydrogen-bond acceptors (Lipinski definition) is 13. The molecule has 0 saturated carbocycles. The van der Waals surface area contributed by atoms with Crippen LogP contribution in [0.3, 0.4) is 0 Å². The Bertz CT molecular complexity index is 1320. The Morgan fingerprint density at radius 3 is 2.38 bits per heavy atom. The molecular weight excluding hydrogens is 540 g/mol. The van der Waals surface area contributed by atoms with Crippen LogP contribution >= 0.6 is 0 Å². The van der Waals surface area contributed by atoms with E-state index in [-0.39, 0.29) is 39.9 Å². The first-order valence-corrected chi connectivity index (χ1v) is 11.7. The van der Waals surface area contributed by atoms with E-state index in [0.29, 0.717) is 0 Å². The number of carboxylic acids is 1. The van der Waals surface area contributed by atoms with Crippen LogP contribution in [0.4, 0.5) is 0 Å². The lowest BCUT2D eigenvalue weighted by molar-refractivity contribution is -0.296. The van der Waals surface area contributed by atoms with E-state index in [1.807, 2.05) is 0 Å². The van der Waals surface area contributed by atoms with Gasteiger partial charge < -0.3 is 64.5 Å². The predicted octanol–water partition coefficient (Wildman–Crippen LogP) is -0.303. The molecule has 2 aliphatic rings. The molecule has 2 aromatic rings. The fourth-order valence-corrected chi connectivity index (χ4v) is 4.19. The fourth-order valence-electron chi connectivity index (χ4n) is 4.19. The minimum atomic E-state index is -1.85. The number of aromatic hydroxyl groups is 5. The molecule has 0 radical (unpaired) electrons. The highest BCUT2D eigenvalue weighted by Gasteiger charge is 2.47. The number of fused-ring (bicyclic) bond motifs is 1. The summed E-state index contributed by atoms with van der Waals surface area (Å²) in [5.41, 5.74) is 0.293. The number of ether oxygens (including phenoxy) is 5. The molecule has 1 saturated heterocycles. The Morgan fingerprint density at radius 1 is 0.975 bits per heavy atom. The van der Waals surface area contributed by atoms with E-state index in [1.165, 1.54) is 25.3 Å². The number of phenols is 4. The SMILES string of the molecule is COc1cc(C2[OH+]c3cc(O)cc(O)c3C=C2OC2OC(COC(=O)CC(=O)O)C(O)C(O)C2O)cc(O)c1O. The monoisotopic (exact) mass is 567 g/mol. The van der Waals surface area contributed by atoms with Crippen molar-refractivity contribution in [1.82, 2.24) is 0 Å². The maximum absolute atomic E-state index is 11.6. The number of phenolic OH excluding ortho intramolecular Hbond substituents is 4. The van der Waals surface area contributed by atoms with Gasteiger partial charge in [-0.05, 0) is 12.1 Å². The van der Waals surface area contributed by atoms with E-state index in [1.54, 1.807) is 0 Å². The molecular formula is C25H27O15+. The number of methoxy groups -OCH3 is 1. The second-order valence-corrected chi connectivity index (χ2v) is 8.95. The predicted molar refractivity (Wildman–Crippen MR) is 129 cm³/mol. The second-order valence-electron chi connectivity index (χ2n) is 8.95. The summed E-state index contributed by atoms with van der Waals surface area (Å²) in [6.07, 6.45) is -9.41. The molecule has 2 aliphatic heterocycles. The summed E-state index contributed by atoms with van der Waals surface area (Å²) in [5, 5.41) is 80.6. The maximum atomic E-state index is 11.6. The first-order valence-electron chi connectivity index (χ1n) is 11.7. The third-order valence-corrected chi connectivity index (χ3v) is 6.18. The third kappa shape index (κ3) is 5.76. The standard InChI is InChI=1S/C25H26O15/c1-36-15-3-9(2-13(28)20(15)32)24-16(6-11-12(27)4-10(26)5-14(11)38-24)39-25-23(35)22(34)21(33)17(40-25)8-37-19(31)7-18(29)30/h2-6,17,21-28,32-35H,7-8H2,1H3,(H,29,30)/p+1. The van der Waals surface area contributed by atoms with Gasteiger partial charge >= 0.3 is 11.9 Å². The second kappa shape index (κ2) is 11.4. The van der Waals surface area contributed by atoms with Gasteiger partial charge in [-0.15, -0.1) is 0 Å². The van der Waals surface area contributed by atoms with E-state index in [4.69, 9.17) is 24.1 Å². The molecule has 6 unspecified atom stereocenters. The molecule has 0 amide bonds. The number of carboxylic acid groups (broad SMARTS) is 1. The van der Waals surface area contributed by atoms with Crippen LogP contribution in [0.15, 0.2) is 30.0 Å². The minimum Gasteiger partial charge on any atom is -0.571 e. The molecule has 1 fully saturated rings. The van der Waals surface area contributed by atoms with E-state index < -0.39 is 73.3 Å². The molecule has 0 aliphatic carbocycles. The first kappa shape index (κ1) is 28.6. The molecule has 9 N–H and O–H groups in total. The lowest BCUT2D eigenvalue weighted by atomic mass is 9.98. The van der Waals surface area contributed by atoms with Gasteiger partial charge in [-0.1, -0.05) is 0 Å². The number of carbonyl (C=O) groups is 2. The van der Waals surface area contributed by atoms with Crippen LogP contribution < -0.4 is 4.74 Å². The van der Waals surface area contributed by atoms with Crippen molar-refractivity contribution in [2.45, 2.75) is 43.2 Å². The topological polar surface area (TPSA) is 246 Å². The fraction of sp³-hybridized carbons (Fsp3) is 0.360. The van der Waals surface area contributed by atoms with Gasteiger partial charge in [0.15, 0.2) is 17.3 Å². The van der Waals surface area contributed by atoms with Gasteiger partial charge in [0.1, 0.15) is 54.5 Å². The molecule has 2 heterocycles. The number of carbonyl (C=O) groups excluding carboxylic acids is 1. The summed E-state index contributed by atoms with van der Waals surface area (Å²) in [5.74, 6) is -4.49. The van der Waals surface area contributed by atoms with Crippen LogP contribution in [-0.2, 0) is 23.8 Å². The molecule has 216 valence electrons. The van der Waals surface area contributed by atoms with Gasteiger partial charge in [0.2, 0.25) is 12.0 Å². The zero-order valence-electron chi connectivity index (χ0n) is 20.7. The van der Waals surface area contributed by atoms with Crippen LogP contribution in [0.1, 0.15) is 23.7 Å². The van der Waals surface area contributed by atoms with Gasteiger partial charge in [-0.25, -0.2) is 0 Å². The zero-order chi connectivity index (χ0) is 29.3. The van der Waals surface area contributed by atoms with Gasteiger partial charge in [0.25, 0.3) is 11.9 Å². The van der Waals surface area contributed by atoms with Crippen molar-refractivity contribution in [3.8, 4) is 34.5 Å². The molecule has 6 atom stereocenters. The highest BCUT2D eigenvalue weighted by Crippen LogP contribution is 2.47. The minimum absolute atomic E-state index is 0.101. The third-order valence-electron chi connectivity index (χ3n) is 6.18. The molecule has 40 heavy (non-hydrogen) atoms. The normalized spacial score (nSPS) is 25.6. The van der Waals surface area contributed by atoms with Crippen molar-refractivity contribution >= 4 is 18.0 Å². The number of benzene rings is 2. The number of esters is 1. The number of aliphatic hydroxyl groups excluding tert-OH is 3. The molecule has 15 heteroatoms. The number of rotatable bonds is 8. The Kier molecular flexibility index (Phi) is 8.11. The van der Waals surface area contributed by atoms with Crippen molar-refractivity contribution in [3.05, 3.63) is 41.2 Å². The number of aliphatic hydroxyl groups is 4. The highest BCUT2D eigenvalue weighted by molar-refractivity contribution is 5.90. The summed E-state index contributed by atoms with van der Waals surface area (Å²) >= 11 is 0. The summed E-state index contributed by atoms with van der Waals surface area (Å²) in [6, 6.07) is 4.78. The summed E-state index contributed by atoms with van der Waals surface area (Å²) < 4.78 is 25.7. The van der Waals surface area contributed by atoms with Gasteiger partial charge in [0, 0.05) is 12.1 Å². The molecule has 0 aromatic heterocycles. The number of hydrogen-bond donors (Lipinski definition) is 8. The van der Waals surface area contributed by atoms with Crippen LogP contribution in [0.25, 0.3) is 6.08 Å². The van der Waals surface area contributed by atoms with Crippen LogP contribution in [0.2, 0.25) is 0 Å². The van der Waals surface area contributed by atoms with Gasteiger partial charge in [0.05, 0.1) is 18.7 Å². The van der Waals surface area contributed by atoms with Crippen LogP contribution in [0, 0.1) is 0 Å². The molecule has 0 spiro atoms. The van der Waals surface area contributed by atoms with Crippen molar-refractivity contribution in [3.63, 3.8) is 0 Å². The van der Waals surface area contributed by atoms with Crippen molar-refractivity contribution in [2.24, 2.45) is 0 Å². The largest absolute Gasteiger partial charge is 0.571 e. The first-order chi connectivity index (χ1) is 18.9. The molecule has 4 rings (SSSR count). The van der Waals surface area contributed by atoms with E-state index in [9.17, 15) is 45.3 Å². The lowest BCUT2D eigenvalue weighted by Gasteiger charge is -2.40. The Hall–Kier alpha value is -4.44. The maximum Gasteiger partial charge on any atom is 0.317 e. The van der Waals surface area contributed by atoms with Crippen molar-refractivity contribution in [2.75, 3.05) is 13.7 Å². The average Bonchev–Trinajstić information content (AvgIpc) is 2.89. The molecule has 15 nitrogen and oxygen atoms in total. The lowest BCUT2D eigenvalue weighted by Crippen LogP contribution is -2.59. The van der Waals surface area contributed by atoms with Gasteiger partial charge in [-0.2, -0.15) is 0 Å². The quantitative estimate of drug-likeness (QED) is 0.0883. The summed E-state index contributed by atoms with van der Waals surface area (Å²) in [7, 11) is 1.25. The van der Waals surface area contributed by atoms with E-state index in [2.05, 4.69) is 4.74 Å². The van der Waals surface area contributed by atoms with Crippen molar-refractivity contribution in [1.29, 1.82) is 0 Å². The zero-order valence-corrected chi connectivity index (χ0v) is 20.7. The summed E-state index contributed by atoms with van der Waals surface area (Å²) in [4.78, 5) is 22.3. The molecule has 0 bridgehead atoms. The Labute approximate surface area is 225 Å². The number of aliphatic carboxylic acids is 1. The van der Waals surface area contributed by atoms with Crippen LogP contribution in [0.5, 0.6) is 34.5 Å². The Balaban J connectivity index is 1.67.